The molecular weight excluding hydrogens is 340 g/mol. The van der Waals surface area contributed by atoms with E-state index in [4.69, 9.17) is 4.74 Å². The Kier molecular flexibility index (Phi) is 8.14. The van der Waals surface area contributed by atoms with E-state index in [0.29, 0.717) is 12.5 Å². The van der Waals surface area contributed by atoms with Crippen molar-refractivity contribution in [1.29, 1.82) is 0 Å². The van der Waals surface area contributed by atoms with Gasteiger partial charge in [0.05, 0.1) is 12.2 Å². The van der Waals surface area contributed by atoms with E-state index >= 15 is 0 Å². The molecule has 2 unspecified atom stereocenters. The summed E-state index contributed by atoms with van der Waals surface area (Å²) in [6.45, 7) is 6.81. The second-order valence-electron chi connectivity index (χ2n) is 6.99. The van der Waals surface area contributed by atoms with Crippen molar-refractivity contribution in [2.45, 2.75) is 45.3 Å². The molecule has 0 saturated carbocycles. The third kappa shape index (κ3) is 7.31. The zero-order valence-electron chi connectivity index (χ0n) is 16.3. The van der Waals surface area contributed by atoms with E-state index < -0.39 is 6.10 Å². The van der Waals surface area contributed by atoms with E-state index in [1.54, 1.807) is 0 Å². The first-order chi connectivity index (χ1) is 13.0. The zero-order valence-corrected chi connectivity index (χ0v) is 16.3. The summed E-state index contributed by atoms with van der Waals surface area (Å²) in [5.41, 5.74) is 2.00. The van der Waals surface area contributed by atoms with Crippen molar-refractivity contribution in [3.8, 4) is 5.75 Å². The van der Waals surface area contributed by atoms with Crippen LogP contribution in [0.3, 0.4) is 0 Å². The summed E-state index contributed by atoms with van der Waals surface area (Å²) in [4.78, 5) is 11.9. The Morgan fingerprint density at radius 2 is 1.63 bits per heavy atom. The summed E-state index contributed by atoms with van der Waals surface area (Å²) in [6, 6.07) is 17.2. The molecule has 27 heavy (non-hydrogen) atoms. The minimum atomic E-state index is -0.757. The number of hydrogen-bond acceptors (Lipinski definition) is 3. The number of aliphatic hydroxyl groups excluding tert-OH is 1. The molecule has 2 atom stereocenters. The number of rotatable bonds is 9. The Hall–Kier alpha value is -2.53. The Labute approximate surface area is 161 Å². The van der Waals surface area contributed by atoms with E-state index in [9.17, 15) is 9.90 Å². The summed E-state index contributed by atoms with van der Waals surface area (Å²) < 4.78 is 5.58. The van der Waals surface area contributed by atoms with Crippen LogP contribution in [0.25, 0.3) is 0 Å². The van der Waals surface area contributed by atoms with Crippen LogP contribution in [0.15, 0.2) is 54.6 Å². The number of carbonyl (C=O) groups is 1. The molecule has 0 fully saturated rings. The van der Waals surface area contributed by atoms with Gasteiger partial charge in [0.2, 0.25) is 0 Å². The molecule has 0 aliphatic heterocycles. The first-order valence-corrected chi connectivity index (χ1v) is 9.47. The number of hydrogen-bond donors (Lipinski definition) is 3. The molecule has 2 aromatic carbocycles. The standard InChI is InChI=1S/C22H30N2O3/c1-16(2)27-20-11-9-19(10-12-20)21(25)15-24-22(26)23-14-13-17(3)18-7-5-4-6-8-18/h4-12,16-17,21,25H,13-15H2,1-3H3,(H2,23,24,26). The van der Waals surface area contributed by atoms with Gasteiger partial charge in [0.15, 0.2) is 0 Å². The largest absolute Gasteiger partial charge is 0.491 e. The molecule has 0 aliphatic carbocycles. The van der Waals surface area contributed by atoms with E-state index in [-0.39, 0.29) is 18.7 Å². The van der Waals surface area contributed by atoms with Gasteiger partial charge in [-0.25, -0.2) is 4.79 Å². The van der Waals surface area contributed by atoms with Crippen LogP contribution < -0.4 is 15.4 Å². The number of urea groups is 1. The molecule has 0 spiro atoms. The average molecular weight is 370 g/mol. The fourth-order valence-corrected chi connectivity index (χ4v) is 2.76. The molecule has 2 rings (SSSR count). The second-order valence-corrected chi connectivity index (χ2v) is 6.99. The Bertz CT molecular complexity index is 686. The predicted octanol–water partition coefficient (Wildman–Crippen LogP) is 4.00. The first-order valence-electron chi connectivity index (χ1n) is 9.47. The van der Waals surface area contributed by atoms with Gasteiger partial charge in [-0.3, -0.25) is 0 Å². The first kappa shape index (κ1) is 20.8. The van der Waals surface area contributed by atoms with Crippen LogP contribution >= 0.6 is 0 Å². The maximum Gasteiger partial charge on any atom is 0.314 e. The van der Waals surface area contributed by atoms with Crippen molar-refractivity contribution < 1.29 is 14.6 Å². The molecule has 0 bridgehead atoms. The number of ether oxygens (including phenoxy) is 1. The van der Waals surface area contributed by atoms with Crippen molar-refractivity contribution in [3.63, 3.8) is 0 Å². The van der Waals surface area contributed by atoms with Gasteiger partial charge in [0.1, 0.15) is 5.75 Å². The topological polar surface area (TPSA) is 70.6 Å². The lowest BCUT2D eigenvalue weighted by atomic mass is 9.98. The summed E-state index contributed by atoms with van der Waals surface area (Å²) in [5.74, 6) is 1.14. The molecule has 0 aromatic heterocycles. The number of benzene rings is 2. The van der Waals surface area contributed by atoms with Crippen LogP contribution in [-0.2, 0) is 0 Å². The molecule has 146 valence electrons. The lowest BCUT2D eigenvalue weighted by Crippen LogP contribution is -2.38. The van der Waals surface area contributed by atoms with Gasteiger partial charge in [0.25, 0.3) is 0 Å². The predicted molar refractivity (Wildman–Crippen MR) is 108 cm³/mol. The van der Waals surface area contributed by atoms with Crippen molar-refractivity contribution in [2.24, 2.45) is 0 Å². The van der Waals surface area contributed by atoms with Crippen molar-refractivity contribution >= 4 is 6.03 Å². The highest BCUT2D eigenvalue weighted by atomic mass is 16.5. The molecule has 2 aromatic rings. The van der Waals surface area contributed by atoms with E-state index in [1.807, 2.05) is 56.3 Å². The van der Waals surface area contributed by atoms with Gasteiger partial charge in [-0.1, -0.05) is 49.4 Å². The maximum atomic E-state index is 11.9. The molecule has 0 heterocycles. The molecule has 0 radical (unpaired) electrons. The Balaban J connectivity index is 1.68. The van der Waals surface area contributed by atoms with Gasteiger partial charge in [-0.15, -0.1) is 0 Å². The quantitative estimate of drug-likeness (QED) is 0.625. The smallest absolute Gasteiger partial charge is 0.314 e. The van der Waals surface area contributed by atoms with Crippen LogP contribution in [0.5, 0.6) is 5.75 Å². The number of amides is 2. The number of nitrogens with one attached hydrogen (secondary N) is 2. The minimum absolute atomic E-state index is 0.107. The third-order valence-corrected chi connectivity index (χ3v) is 4.32. The molecule has 5 nitrogen and oxygen atoms in total. The molecule has 0 saturated heterocycles. The monoisotopic (exact) mass is 370 g/mol. The molecule has 3 N–H and O–H groups in total. The van der Waals surface area contributed by atoms with Gasteiger partial charge in [-0.05, 0) is 49.4 Å². The Morgan fingerprint density at radius 3 is 2.26 bits per heavy atom. The Morgan fingerprint density at radius 1 is 0.963 bits per heavy atom. The normalized spacial score (nSPS) is 13.1. The van der Waals surface area contributed by atoms with Gasteiger partial charge < -0.3 is 20.5 Å². The van der Waals surface area contributed by atoms with Crippen molar-refractivity contribution in [3.05, 3.63) is 65.7 Å². The van der Waals surface area contributed by atoms with E-state index in [1.165, 1.54) is 5.56 Å². The van der Waals surface area contributed by atoms with Crippen LogP contribution in [-0.4, -0.2) is 30.3 Å². The lowest BCUT2D eigenvalue weighted by molar-refractivity contribution is 0.173. The van der Waals surface area contributed by atoms with E-state index in [2.05, 4.69) is 29.7 Å². The SMILES string of the molecule is CC(C)Oc1ccc(C(O)CNC(=O)NCCC(C)c2ccccc2)cc1. The second kappa shape index (κ2) is 10.6. The van der Waals surface area contributed by atoms with Gasteiger partial charge in [0, 0.05) is 13.1 Å². The summed E-state index contributed by atoms with van der Waals surface area (Å²) >= 11 is 0. The molecular formula is C22H30N2O3. The summed E-state index contributed by atoms with van der Waals surface area (Å²) in [5, 5.41) is 15.8. The number of carbonyl (C=O) groups excluding carboxylic acids is 1. The highest BCUT2D eigenvalue weighted by molar-refractivity contribution is 5.73. The average Bonchev–Trinajstić information content (AvgIpc) is 2.67. The van der Waals surface area contributed by atoms with Gasteiger partial charge in [-0.2, -0.15) is 0 Å². The van der Waals surface area contributed by atoms with Crippen LogP contribution in [0.4, 0.5) is 4.79 Å². The highest BCUT2D eigenvalue weighted by Gasteiger charge is 2.11. The lowest BCUT2D eigenvalue weighted by Gasteiger charge is -2.15. The fourth-order valence-electron chi connectivity index (χ4n) is 2.76. The molecule has 2 amide bonds. The zero-order chi connectivity index (χ0) is 19.6. The molecule has 5 heteroatoms. The van der Waals surface area contributed by atoms with E-state index in [0.717, 1.165) is 17.7 Å². The number of aliphatic hydroxyl groups is 1. The third-order valence-electron chi connectivity index (χ3n) is 4.32. The maximum absolute atomic E-state index is 11.9. The summed E-state index contributed by atoms with van der Waals surface area (Å²) in [6.07, 6.45) is 0.208. The summed E-state index contributed by atoms with van der Waals surface area (Å²) in [7, 11) is 0. The molecule has 0 aliphatic rings. The van der Waals surface area contributed by atoms with Crippen LogP contribution in [0.2, 0.25) is 0 Å². The minimum Gasteiger partial charge on any atom is -0.491 e. The highest BCUT2D eigenvalue weighted by Crippen LogP contribution is 2.19. The van der Waals surface area contributed by atoms with Crippen molar-refractivity contribution in [1.82, 2.24) is 10.6 Å². The van der Waals surface area contributed by atoms with Gasteiger partial charge >= 0.3 is 6.03 Å². The fraction of sp³-hybridized carbons (Fsp3) is 0.409. The van der Waals surface area contributed by atoms with Crippen LogP contribution in [0.1, 0.15) is 50.3 Å². The van der Waals surface area contributed by atoms with Crippen LogP contribution in [0, 0.1) is 0 Å². The van der Waals surface area contributed by atoms with Crippen molar-refractivity contribution in [2.75, 3.05) is 13.1 Å².